The SMILES string of the molecule is O=C(c1ccc(Br)c(Cl)c1F)C1(c2ccccc2)CC1. The van der Waals surface area contributed by atoms with Gasteiger partial charge in [0.15, 0.2) is 11.6 Å². The molecule has 20 heavy (non-hydrogen) atoms. The molecule has 1 fully saturated rings. The first-order valence-corrected chi connectivity index (χ1v) is 7.47. The van der Waals surface area contributed by atoms with Gasteiger partial charge < -0.3 is 0 Å². The summed E-state index contributed by atoms with van der Waals surface area (Å²) in [6.07, 6.45) is 1.51. The molecule has 2 aromatic rings. The fourth-order valence-electron chi connectivity index (χ4n) is 2.49. The summed E-state index contributed by atoms with van der Waals surface area (Å²) in [6.45, 7) is 0. The number of hydrogen-bond acceptors (Lipinski definition) is 1. The molecule has 2 aromatic carbocycles. The zero-order valence-corrected chi connectivity index (χ0v) is 12.8. The lowest BCUT2D eigenvalue weighted by Gasteiger charge is -2.15. The number of benzene rings is 2. The van der Waals surface area contributed by atoms with Crippen molar-refractivity contribution in [1.29, 1.82) is 0 Å². The monoisotopic (exact) mass is 352 g/mol. The molecule has 0 bridgehead atoms. The summed E-state index contributed by atoms with van der Waals surface area (Å²) in [4.78, 5) is 12.7. The lowest BCUT2D eigenvalue weighted by molar-refractivity contribution is 0.0942. The topological polar surface area (TPSA) is 17.1 Å². The van der Waals surface area contributed by atoms with E-state index >= 15 is 0 Å². The van der Waals surface area contributed by atoms with Crippen LogP contribution in [-0.4, -0.2) is 5.78 Å². The third-order valence-electron chi connectivity index (χ3n) is 3.79. The number of ketones is 1. The Bertz CT molecular complexity index is 680. The third-order valence-corrected chi connectivity index (χ3v) is 5.05. The lowest BCUT2D eigenvalue weighted by atomic mass is 9.87. The predicted octanol–water partition coefficient (Wildman–Crippen LogP) is 5.16. The van der Waals surface area contributed by atoms with Crippen LogP contribution in [0.5, 0.6) is 0 Å². The smallest absolute Gasteiger partial charge is 0.176 e. The van der Waals surface area contributed by atoms with Gasteiger partial charge in [-0.05, 0) is 46.5 Å². The van der Waals surface area contributed by atoms with E-state index in [4.69, 9.17) is 11.6 Å². The van der Waals surface area contributed by atoms with E-state index in [2.05, 4.69) is 15.9 Å². The summed E-state index contributed by atoms with van der Waals surface area (Å²) in [6, 6.07) is 12.6. The van der Waals surface area contributed by atoms with E-state index in [-0.39, 0.29) is 16.4 Å². The zero-order chi connectivity index (χ0) is 14.3. The first-order chi connectivity index (χ1) is 9.56. The molecule has 0 saturated heterocycles. The minimum Gasteiger partial charge on any atom is -0.293 e. The summed E-state index contributed by atoms with van der Waals surface area (Å²) < 4.78 is 14.7. The molecular formula is C16H11BrClFO. The summed E-state index contributed by atoms with van der Waals surface area (Å²) in [5.41, 5.74) is 0.446. The van der Waals surface area contributed by atoms with Gasteiger partial charge in [0.1, 0.15) is 0 Å². The van der Waals surface area contributed by atoms with Gasteiger partial charge in [0.2, 0.25) is 0 Å². The van der Waals surface area contributed by atoms with Crippen LogP contribution in [0.1, 0.15) is 28.8 Å². The lowest BCUT2D eigenvalue weighted by Crippen LogP contribution is -2.21. The summed E-state index contributed by atoms with van der Waals surface area (Å²) in [7, 11) is 0. The Morgan fingerprint density at radius 3 is 2.40 bits per heavy atom. The molecule has 0 spiro atoms. The molecule has 0 radical (unpaired) electrons. The molecule has 0 N–H and O–H groups in total. The molecule has 1 aliphatic carbocycles. The minimum atomic E-state index is -0.645. The highest BCUT2D eigenvalue weighted by atomic mass is 79.9. The van der Waals surface area contributed by atoms with Gasteiger partial charge in [-0.15, -0.1) is 0 Å². The van der Waals surface area contributed by atoms with Gasteiger partial charge in [-0.2, -0.15) is 0 Å². The summed E-state index contributed by atoms with van der Waals surface area (Å²) in [5, 5.41) is -0.0419. The molecule has 0 aromatic heterocycles. The second-order valence-electron chi connectivity index (χ2n) is 5.00. The number of halogens is 3. The van der Waals surface area contributed by atoms with Crippen LogP contribution in [-0.2, 0) is 5.41 Å². The van der Waals surface area contributed by atoms with Gasteiger partial charge in [-0.1, -0.05) is 41.9 Å². The molecule has 102 valence electrons. The zero-order valence-electron chi connectivity index (χ0n) is 10.5. The Morgan fingerprint density at radius 2 is 1.80 bits per heavy atom. The van der Waals surface area contributed by atoms with Crippen molar-refractivity contribution in [2.24, 2.45) is 0 Å². The van der Waals surface area contributed by atoms with E-state index in [1.807, 2.05) is 30.3 Å². The van der Waals surface area contributed by atoms with Gasteiger partial charge in [0.05, 0.1) is 16.0 Å². The second kappa shape index (κ2) is 4.97. The number of rotatable bonds is 3. The van der Waals surface area contributed by atoms with Crippen molar-refractivity contribution in [3.8, 4) is 0 Å². The van der Waals surface area contributed by atoms with Crippen molar-refractivity contribution in [2.45, 2.75) is 18.3 Å². The van der Waals surface area contributed by atoms with Crippen molar-refractivity contribution < 1.29 is 9.18 Å². The average Bonchev–Trinajstić information content (AvgIpc) is 3.27. The maximum atomic E-state index is 14.2. The van der Waals surface area contributed by atoms with E-state index in [9.17, 15) is 9.18 Å². The van der Waals surface area contributed by atoms with Gasteiger partial charge in [-0.3, -0.25) is 4.79 Å². The molecule has 4 heteroatoms. The fraction of sp³-hybridized carbons (Fsp3) is 0.188. The number of carbonyl (C=O) groups excluding carboxylic acids is 1. The standard InChI is InChI=1S/C16H11BrClFO/c17-12-7-6-11(14(19)13(12)18)15(20)16(8-9-16)10-4-2-1-3-5-10/h1-7H,8-9H2. The van der Waals surface area contributed by atoms with E-state index in [1.54, 1.807) is 6.07 Å². The fourth-order valence-corrected chi connectivity index (χ4v) is 2.96. The highest BCUT2D eigenvalue weighted by Crippen LogP contribution is 2.51. The van der Waals surface area contributed by atoms with Crippen LogP contribution in [0.2, 0.25) is 5.02 Å². The van der Waals surface area contributed by atoms with Crippen LogP contribution in [0.4, 0.5) is 4.39 Å². The van der Waals surface area contributed by atoms with Gasteiger partial charge in [0, 0.05) is 4.47 Å². The molecule has 0 aliphatic heterocycles. The van der Waals surface area contributed by atoms with Crippen molar-refractivity contribution in [3.05, 3.63) is 68.9 Å². The van der Waals surface area contributed by atoms with Crippen LogP contribution in [0.15, 0.2) is 46.9 Å². The van der Waals surface area contributed by atoms with Gasteiger partial charge in [0.25, 0.3) is 0 Å². The Hall–Kier alpha value is -1.19. The molecule has 0 heterocycles. The molecule has 1 aliphatic rings. The van der Waals surface area contributed by atoms with E-state index in [0.717, 1.165) is 18.4 Å². The molecule has 3 rings (SSSR count). The largest absolute Gasteiger partial charge is 0.293 e. The van der Waals surface area contributed by atoms with Crippen LogP contribution in [0.25, 0.3) is 0 Å². The molecule has 1 saturated carbocycles. The van der Waals surface area contributed by atoms with Crippen LogP contribution in [0, 0.1) is 5.82 Å². The predicted molar refractivity (Wildman–Crippen MR) is 80.8 cm³/mol. The van der Waals surface area contributed by atoms with E-state index < -0.39 is 11.2 Å². The van der Waals surface area contributed by atoms with Crippen LogP contribution < -0.4 is 0 Å². The van der Waals surface area contributed by atoms with Crippen molar-refractivity contribution in [2.75, 3.05) is 0 Å². The molecule has 0 atom stereocenters. The number of carbonyl (C=O) groups is 1. The molecule has 1 nitrogen and oxygen atoms in total. The third kappa shape index (κ3) is 2.09. The second-order valence-corrected chi connectivity index (χ2v) is 6.23. The molecule has 0 unspecified atom stereocenters. The van der Waals surface area contributed by atoms with Crippen LogP contribution >= 0.6 is 27.5 Å². The van der Waals surface area contributed by atoms with Crippen molar-refractivity contribution in [1.82, 2.24) is 0 Å². The maximum absolute atomic E-state index is 14.2. The Morgan fingerprint density at radius 1 is 1.15 bits per heavy atom. The highest BCUT2D eigenvalue weighted by molar-refractivity contribution is 9.10. The Balaban J connectivity index is 2.04. The molecular weight excluding hydrogens is 343 g/mol. The number of hydrogen-bond donors (Lipinski definition) is 0. The van der Waals surface area contributed by atoms with E-state index in [1.165, 1.54) is 6.07 Å². The average molecular weight is 354 g/mol. The Kier molecular flexibility index (Phi) is 3.43. The molecule has 0 amide bonds. The van der Waals surface area contributed by atoms with Crippen molar-refractivity contribution >= 4 is 33.3 Å². The highest BCUT2D eigenvalue weighted by Gasteiger charge is 2.51. The summed E-state index contributed by atoms with van der Waals surface area (Å²) >= 11 is 9.03. The number of Topliss-reactive ketones (excluding diaryl/α,β-unsaturated/α-hetero) is 1. The minimum absolute atomic E-state index is 0.0419. The summed E-state index contributed by atoms with van der Waals surface area (Å²) in [5.74, 6) is -0.830. The van der Waals surface area contributed by atoms with Crippen LogP contribution in [0.3, 0.4) is 0 Å². The van der Waals surface area contributed by atoms with Crippen molar-refractivity contribution in [3.63, 3.8) is 0 Å². The first kappa shape index (κ1) is 13.8. The van der Waals surface area contributed by atoms with Gasteiger partial charge in [-0.25, -0.2) is 4.39 Å². The normalized spacial score (nSPS) is 15.9. The maximum Gasteiger partial charge on any atom is 0.176 e. The van der Waals surface area contributed by atoms with Gasteiger partial charge >= 0.3 is 0 Å². The Labute approximate surface area is 129 Å². The quantitative estimate of drug-likeness (QED) is 0.550. The first-order valence-electron chi connectivity index (χ1n) is 6.30. The van der Waals surface area contributed by atoms with E-state index in [0.29, 0.717) is 4.47 Å².